The highest BCUT2D eigenvalue weighted by molar-refractivity contribution is 6.06. The van der Waals surface area contributed by atoms with Gasteiger partial charge in [0.2, 0.25) is 0 Å². The zero-order valence-corrected chi connectivity index (χ0v) is 15.2. The summed E-state index contributed by atoms with van der Waals surface area (Å²) in [6, 6.07) is 12.3. The van der Waals surface area contributed by atoms with E-state index < -0.39 is 0 Å². The van der Waals surface area contributed by atoms with Crippen LogP contribution in [0.4, 0.5) is 11.4 Å². The fraction of sp³-hybridized carbons (Fsp3) is 0.350. The van der Waals surface area contributed by atoms with Crippen LogP contribution >= 0.6 is 0 Å². The average Bonchev–Trinajstić information content (AvgIpc) is 2.61. The zero-order chi connectivity index (χ0) is 18.7. The van der Waals surface area contributed by atoms with Crippen LogP contribution in [0.1, 0.15) is 24.2 Å². The normalized spacial score (nSPS) is 19.9. The first-order valence-electron chi connectivity index (χ1n) is 8.65. The number of rotatable bonds is 4. The van der Waals surface area contributed by atoms with Gasteiger partial charge in [0.05, 0.1) is 24.9 Å². The summed E-state index contributed by atoms with van der Waals surface area (Å²) >= 11 is 0. The van der Waals surface area contributed by atoms with Gasteiger partial charge in [-0.25, -0.2) is 0 Å². The summed E-state index contributed by atoms with van der Waals surface area (Å²) in [7, 11) is 1.51. The van der Waals surface area contributed by atoms with Crippen LogP contribution in [-0.4, -0.2) is 43.4 Å². The van der Waals surface area contributed by atoms with E-state index >= 15 is 0 Å². The number of morpholine rings is 1. The van der Waals surface area contributed by atoms with E-state index in [1.54, 1.807) is 6.07 Å². The number of methoxy groups -OCH3 is 1. The van der Waals surface area contributed by atoms with Crippen molar-refractivity contribution in [3.8, 4) is 11.5 Å². The fourth-order valence-corrected chi connectivity index (χ4v) is 3.17. The molecule has 2 N–H and O–H groups in total. The number of aromatic hydroxyl groups is 1. The molecule has 26 heavy (non-hydrogen) atoms. The lowest BCUT2D eigenvalue weighted by Gasteiger charge is -2.36. The predicted molar refractivity (Wildman–Crippen MR) is 101 cm³/mol. The minimum absolute atomic E-state index is 0.116. The first-order valence-corrected chi connectivity index (χ1v) is 8.65. The molecule has 1 saturated heterocycles. The van der Waals surface area contributed by atoms with Gasteiger partial charge in [0.15, 0.2) is 0 Å². The highest BCUT2D eigenvalue weighted by atomic mass is 16.5. The number of phenols is 1. The third kappa shape index (κ3) is 4.08. The highest BCUT2D eigenvalue weighted by Crippen LogP contribution is 2.26. The number of carbonyl (C=O) groups excluding carboxylic acids is 1. The Morgan fingerprint density at radius 3 is 2.38 bits per heavy atom. The Bertz CT molecular complexity index is 766. The summed E-state index contributed by atoms with van der Waals surface area (Å²) < 4.78 is 10.8. The number of nitrogens with zero attached hydrogens (tertiary/aromatic N) is 1. The minimum Gasteiger partial charge on any atom is -0.507 e. The van der Waals surface area contributed by atoms with E-state index in [0.717, 1.165) is 18.8 Å². The highest BCUT2D eigenvalue weighted by Gasteiger charge is 2.22. The molecule has 0 aliphatic carbocycles. The van der Waals surface area contributed by atoms with Crippen molar-refractivity contribution in [1.82, 2.24) is 0 Å². The second-order valence-corrected chi connectivity index (χ2v) is 6.55. The van der Waals surface area contributed by atoms with Gasteiger partial charge >= 0.3 is 0 Å². The van der Waals surface area contributed by atoms with Gasteiger partial charge in [-0.1, -0.05) is 0 Å². The molecule has 0 saturated carbocycles. The van der Waals surface area contributed by atoms with E-state index in [-0.39, 0.29) is 29.4 Å². The van der Waals surface area contributed by atoms with Gasteiger partial charge in [-0.05, 0) is 50.2 Å². The molecule has 3 rings (SSSR count). The number of benzene rings is 2. The van der Waals surface area contributed by atoms with Crippen molar-refractivity contribution in [1.29, 1.82) is 0 Å². The predicted octanol–water partition coefficient (Wildman–Crippen LogP) is 3.27. The number of ether oxygens (including phenoxy) is 2. The number of nitrogens with one attached hydrogen (secondary N) is 1. The van der Waals surface area contributed by atoms with Crippen molar-refractivity contribution in [2.75, 3.05) is 30.4 Å². The van der Waals surface area contributed by atoms with Crippen molar-refractivity contribution in [2.24, 2.45) is 0 Å². The van der Waals surface area contributed by atoms with E-state index in [9.17, 15) is 9.90 Å². The lowest BCUT2D eigenvalue weighted by molar-refractivity contribution is -0.00521. The van der Waals surface area contributed by atoms with Gasteiger partial charge < -0.3 is 24.8 Å². The van der Waals surface area contributed by atoms with E-state index in [1.807, 2.05) is 24.3 Å². The first kappa shape index (κ1) is 18.1. The summed E-state index contributed by atoms with van der Waals surface area (Å²) in [6.07, 6.45) is 0.382. The van der Waals surface area contributed by atoms with Crippen LogP contribution in [0.25, 0.3) is 0 Å². The molecule has 2 unspecified atom stereocenters. The third-order valence-electron chi connectivity index (χ3n) is 4.36. The molecule has 0 bridgehead atoms. The van der Waals surface area contributed by atoms with Crippen molar-refractivity contribution in [2.45, 2.75) is 26.1 Å². The van der Waals surface area contributed by atoms with E-state index in [4.69, 9.17) is 9.47 Å². The molecule has 2 atom stereocenters. The molecular formula is C20H24N2O4. The van der Waals surface area contributed by atoms with Gasteiger partial charge in [-0.2, -0.15) is 0 Å². The van der Waals surface area contributed by atoms with Crippen LogP contribution in [0.2, 0.25) is 0 Å². The molecule has 138 valence electrons. The van der Waals surface area contributed by atoms with Gasteiger partial charge in [-0.15, -0.1) is 0 Å². The average molecular weight is 356 g/mol. The summed E-state index contributed by atoms with van der Waals surface area (Å²) in [5, 5.41) is 12.8. The summed E-state index contributed by atoms with van der Waals surface area (Å²) in [6.45, 7) is 5.82. The minimum atomic E-state index is -0.369. The van der Waals surface area contributed by atoms with Crippen LogP contribution in [-0.2, 0) is 4.74 Å². The van der Waals surface area contributed by atoms with Gasteiger partial charge in [0.25, 0.3) is 5.91 Å². The molecule has 2 aromatic rings. The summed E-state index contributed by atoms with van der Waals surface area (Å²) in [4.78, 5) is 14.6. The maximum Gasteiger partial charge on any atom is 0.259 e. The first-order chi connectivity index (χ1) is 12.5. The smallest absolute Gasteiger partial charge is 0.259 e. The fourth-order valence-electron chi connectivity index (χ4n) is 3.17. The molecule has 1 heterocycles. The van der Waals surface area contributed by atoms with Crippen LogP contribution in [0.15, 0.2) is 42.5 Å². The number of amides is 1. The van der Waals surface area contributed by atoms with E-state index in [0.29, 0.717) is 11.4 Å². The molecule has 2 aromatic carbocycles. The van der Waals surface area contributed by atoms with E-state index in [2.05, 4.69) is 24.1 Å². The molecule has 0 radical (unpaired) electrons. The molecule has 0 spiro atoms. The molecule has 6 heteroatoms. The van der Waals surface area contributed by atoms with E-state index in [1.165, 1.54) is 19.2 Å². The maximum atomic E-state index is 12.4. The molecular weight excluding hydrogens is 332 g/mol. The largest absolute Gasteiger partial charge is 0.507 e. The number of hydrogen-bond donors (Lipinski definition) is 2. The topological polar surface area (TPSA) is 71.0 Å². The second kappa shape index (κ2) is 7.66. The Kier molecular flexibility index (Phi) is 5.32. The molecule has 1 fully saturated rings. The Balaban J connectivity index is 1.68. The van der Waals surface area contributed by atoms with Crippen molar-refractivity contribution in [3.63, 3.8) is 0 Å². The SMILES string of the molecule is COc1ccc(C(=O)Nc2ccc(N3CC(C)OC(C)C3)cc2)c(O)c1. The lowest BCUT2D eigenvalue weighted by atomic mass is 10.1. The van der Waals surface area contributed by atoms with Gasteiger partial charge in [0, 0.05) is 30.5 Å². The van der Waals surface area contributed by atoms with Crippen molar-refractivity contribution < 1.29 is 19.4 Å². The molecule has 0 aromatic heterocycles. The number of phenolic OH excluding ortho intramolecular Hbond substituents is 1. The molecule has 1 amide bonds. The molecule has 6 nitrogen and oxygen atoms in total. The Hall–Kier alpha value is -2.73. The lowest BCUT2D eigenvalue weighted by Crippen LogP contribution is -2.45. The van der Waals surface area contributed by atoms with Crippen LogP contribution < -0.4 is 15.0 Å². The van der Waals surface area contributed by atoms with Crippen LogP contribution in [0.3, 0.4) is 0 Å². The molecule has 1 aliphatic heterocycles. The number of carbonyl (C=O) groups is 1. The molecule has 1 aliphatic rings. The van der Waals surface area contributed by atoms with Crippen molar-refractivity contribution in [3.05, 3.63) is 48.0 Å². The third-order valence-corrected chi connectivity index (χ3v) is 4.36. The van der Waals surface area contributed by atoms with Crippen LogP contribution in [0.5, 0.6) is 11.5 Å². The van der Waals surface area contributed by atoms with Crippen molar-refractivity contribution >= 4 is 17.3 Å². The second-order valence-electron chi connectivity index (χ2n) is 6.55. The zero-order valence-electron chi connectivity index (χ0n) is 15.2. The number of hydrogen-bond acceptors (Lipinski definition) is 5. The Morgan fingerprint density at radius 1 is 1.15 bits per heavy atom. The summed E-state index contributed by atoms with van der Waals surface area (Å²) in [5.74, 6) is 0.0126. The Labute approximate surface area is 153 Å². The monoisotopic (exact) mass is 356 g/mol. The van der Waals surface area contributed by atoms with Gasteiger partial charge in [0.1, 0.15) is 11.5 Å². The van der Waals surface area contributed by atoms with Gasteiger partial charge in [-0.3, -0.25) is 4.79 Å². The quantitative estimate of drug-likeness (QED) is 0.880. The maximum absolute atomic E-state index is 12.4. The number of anilines is 2. The standard InChI is InChI=1S/C20H24N2O4/c1-13-11-22(12-14(2)26-13)16-6-4-15(5-7-16)21-20(24)18-9-8-17(25-3)10-19(18)23/h4-10,13-14,23H,11-12H2,1-3H3,(H,21,24). The van der Waals surface area contributed by atoms with Crippen LogP contribution in [0, 0.1) is 0 Å². The Morgan fingerprint density at radius 2 is 1.81 bits per heavy atom. The summed E-state index contributed by atoms with van der Waals surface area (Å²) in [5.41, 5.74) is 1.96.